The molecule has 0 atom stereocenters. The largest absolute Gasteiger partial charge is 0.453 e. The van der Waals surface area contributed by atoms with Crippen molar-refractivity contribution >= 4 is 49.3 Å². The molecule has 0 saturated carbocycles. The van der Waals surface area contributed by atoms with Gasteiger partial charge in [-0.25, -0.2) is 0 Å². The van der Waals surface area contributed by atoms with Crippen LogP contribution in [-0.4, -0.2) is 4.98 Å². The van der Waals surface area contributed by atoms with Crippen LogP contribution in [0.2, 0.25) is 0 Å². The average molecular weight is 363 g/mol. The predicted molar refractivity (Wildman–Crippen MR) is 121 cm³/mol. The summed E-state index contributed by atoms with van der Waals surface area (Å²) in [6.45, 7) is 6.31. The minimum atomic E-state index is 0.794. The number of allylic oxidation sites excluding steroid dienone is 5. The lowest BCUT2D eigenvalue weighted by Gasteiger charge is -2.03. The van der Waals surface area contributed by atoms with Crippen LogP contribution >= 0.6 is 0 Å². The maximum atomic E-state index is 6.44. The standard InChI is InChI=1S/C26H21NO/c1-3-4-5-6-10-17(2)18-12-9-13-21-22-16-15-20-19-11-7-8-14-23(19)27-24(20)26(22)28-25(18)21/h3-9,11-16,27H,2,10H2,1H3/b4-3-,6-5-. The van der Waals surface area contributed by atoms with Crippen LogP contribution in [0.25, 0.3) is 49.3 Å². The number of rotatable bonds is 4. The first-order valence-corrected chi connectivity index (χ1v) is 9.58. The fourth-order valence-electron chi connectivity index (χ4n) is 3.96. The second-order valence-corrected chi connectivity index (χ2v) is 7.08. The van der Waals surface area contributed by atoms with Crippen molar-refractivity contribution in [3.8, 4) is 0 Å². The van der Waals surface area contributed by atoms with E-state index in [0.717, 1.165) is 50.5 Å². The molecule has 0 saturated heterocycles. The summed E-state index contributed by atoms with van der Waals surface area (Å²) < 4.78 is 6.44. The maximum Gasteiger partial charge on any atom is 0.159 e. The van der Waals surface area contributed by atoms with Crippen molar-refractivity contribution in [3.05, 3.63) is 91.0 Å². The Hall–Kier alpha value is -3.52. The van der Waals surface area contributed by atoms with E-state index in [9.17, 15) is 0 Å². The number of furan rings is 1. The van der Waals surface area contributed by atoms with E-state index < -0.39 is 0 Å². The van der Waals surface area contributed by atoms with Crippen molar-refractivity contribution in [2.24, 2.45) is 0 Å². The van der Waals surface area contributed by atoms with Crippen molar-refractivity contribution < 1.29 is 4.42 Å². The predicted octanol–water partition coefficient (Wildman–Crippen LogP) is 7.76. The molecule has 0 amide bonds. The summed E-state index contributed by atoms with van der Waals surface area (Å²) in [6, 6.07) is 19.0. The number of nitrogens with one attached hydrogen (secondary N) is 1. The number of aromatic amines is 1. The van der Waals surface area contributed by atoms with E-state index in [1.165, 1.54) is 10.8 Å². The van der Waals surface area contributed by atoms with Crippen molar-refractivity contribution in [2.75, 3.05) is 0 Å². The Morgan fingerprint density at radius 2 is 1.68 bits per heavy atom. The van der Waals surface area contributed by atoms with E-state index in [4.69, 9.17) is 4.42 Å². The third-order valence-corrected chi connectivity index (χ3v) is 5.33. The number of para-hydroxylation sites is 2. The molecule has 2 aromatic heterocycles. The van der Waals surface area contributed by atoms with Gasteiger partial charge >= 0.3 is 0 Å². The lowest BCUT2D eigenvalue weighted by atomic mass is 10.0. The summed E-state index contributed by atoms with van der Waals surface area (Å²) >= 11 is 0. The highest BCUT2D eigenvalue weighted by atomic mass is 16.3. The molecule has 2 heteroatoms. The van der Waals surface area contributed by atoms with E-state index in [0.29, 0.717) is 0 Å². The Labute approximate surface area is 163 Å². The normalized spacial score (nSPS) is 12.5. The van der Waals surface area contributed by atoms with Gasteiger partial charge in [0.1, 0.15) is 5.58 Å². The summed E-state index contributed by atoms with van der Waals surface area (Å²) in [5.74, 6) is 0. The zero-order valence-corrected chi connectivity index (χ0v) is 15.8. The van der Waals surface area contributed by atoms with Gasteiger partial charge in [-0.1, -0.05) is 73.3 Å². The molecular formula is C26H21NO. The number of benzene rings is 3. The summed E-state index contributed by atoms with van der Waals surface area (Å²) in [4.78, 5) is 3.54. The van der Waals surface area contributed by atoms with Crippen molar-refractivity contribution in [3.63, 3.8) is 0 Å². The van der Waals surface area contributed by atoms with Crippen molar-refractivity contribution in [1.82, 2.24) is 4.98 Å². The average Bonchev–Trinajstić information content (AvgIpc) is 3.29. The molecule has 136 valence electrons. The Kier molecular flexibility index (Phi) is 3.91. The third kappa shape index (κ3) is 2.49. The van der Waals surface area contributed by atoms with Gasteiger partial charge < -0.3 is 9.40 Å². The Morgan fingerprint density at radius 1 is 0.893 bits per heavy atom. The SMILES string of the molecule is C=C(C/C=C\C=C/C)c1cccc2c1oc1c2ccc2c3ccccc3[nH]c21. The van der Waals surface area contributed by atoms with E-state index in [1.54, 1.807) is 0 Å². The number of H-pyrrole nitrogens is 1. The molecule has 5 aromatic rings. The number of hydrogen-bond donors (Lipinski definition) is 1. The molecule has 0 fully saturated rings. The van der Waals surface area contributed by atoms with Crippen molar-refractivity contribution in [1.29, 1.82) is 0 Å². The molecule has 5 rings (SSSR count). The second-order valence-electron chi connectivity index (χ2n) is 7.08. The number of aromatic nitrogens is 1. The zero-order chi connectivity index (χ0) is 19.1. The van der Waals surface area contributed by atoms with E-state index >= 15 is 0 Å². The highest BCUT2D eigenvalue weighted by Crippen LogP contribution is 2.39. The minimum Gasteiger partial charge on any atom is -0.453 e. The van der Waals surface area contributed by atoms with Gasteiger partial charge in [0.15, 0.2) is 5.58 Å². The fourth-order valence-corrected chi connectivity index (χ4v) is 3.96. The van der Waals surface area contributed by atoms with Gasteiger partial charge in [0, 0.05) is 32.6 Å². The molecule has 0 aliphatic rings. The van der Waals surface area contributed by atoms with Crippen LogP contribution in [0.3, 0.4) is 0 Å². The monoisotopic (exact) mass is 363 g/mol. The number of fused-ring (bicyclic) bond motifs is 7. The van der Waals surface area contributed by atoms with Crippen LogP contribution in [-0.2, 0) is 0 Å². The van der Waals surface area contributed by atoms with Crippen LogP contribution < -0.4 is 0 Å². The summed E-state index contributed by atoms with van der Waals surface area (Å²) in [7, 11) is 0. The first kappa shape index (κ1) is 16.6. The molecule has 1 N–H and O–H groups in total. The quantitative estimate of drug-likeness (QED) is 0.325. The van der Waals surface area contributed by atoms with E-state index in [1.807, 2.05) is 19.1 Å². The van der Waals surface area contributed by atoms with Crippen LogP contribution in [0.15, 0.2) is 89.9 Å². The molecule has 0 unspecified atom stereocenters. The molecule has 0 aliphatic carbocycles. The van der Waals surface area contributed by atoms with Gasteiger partial charge in [0.25, 0.3) is 0 Å². The van der Waals surface area contributed by atoms with Crippen molar-refractivity contribution in [2.45, 2.75) is 13.3 Å². The molecule has 0 radical (unpaired) electrons. The molecule has 0 aliphatic heterocycles. The molecular weight excluding hydrogens is 342 g/mol. The third-order valence-electron chi connectivity index (χ3n) is 5.33. The topological polar surface area (TPSA) is 28.9 Å². The highest BCUT2D eigenvalue weighted by molar-refractivity contribution is 6.20. The highest BCUT2D eigenvalue weighted by Gasteiger charge is 2.16. The first-order chi connectivity index (χ1) is 13.8. The molecule has 28 heavy (non-hydrogen) atoms. The molecule has 0 bridgehead atoms. The summed E-state index contributed by atoms with van der Waals surface area (Å²) in [5, 5.41) is 4.68. The lowest BCUT2D eigenvalue weighted by Crippen LogP contribution is -1.82. The smallest absolute Gasteiger partial charge is 0.159 e. The van der Waals surface area contributed by atoms with E-state index in [-0.39, 0.29) is 0 Å². The molecule has 0 spiro atoms. The van der Waals surface area contributed by atoms with Gasteiger partial charge in [0.05, 0.1) is 5.52 Å². The Bertz CT molecular complexity index is 1410. The van der Waals surface area contributed by atoms with Gasteiger partial charge in [-0.15, -0.1) is 0 Å². The van der Waals surface area contributed by atoms with Crippen LogP contribution in [0.1, 0.15) is 18.9 Å². The Balaban J connectivity index is 1.73. The van der Waals surface area contributed by atoms with Crippen LogP contribution in [0.4, 0.5) is 0 Å². The summed E-state index contributed by atoms with van der Waals surface area (Å²) in [6.07, 6.45) is 9.02. The maximum absolute atomic E-state index is 6.44. The first-order valence-electron chi connectivity index (χ1n) is 9.58. The molecule has 2 nitrogen and oxygen atoms in total. The summed E-state index contributed by atoms with van der Waals surface area (Å²) in [5.41, 5.74) is 6.13. The van der Waals surface area contributed by atoms with Gasteiger partial charge in [0.2, 0.25) is 0 Å². The van der Waals surface area contributed by atoms with E-state index in [2.05, 4.69) is 78.3 Å². The van der Waals surface area contributed by atoms with Crippen LogP contribution in [0.5, 0.6) is 0 Å². The molecule has 3 aromatic carbocycles. The van der Waals surface area contributed by atoms with Gasteiger partial charge in [-0.2, -0.15) is 0 Å². The van der Waals surface area contributed by atoms with Gasteiger partial charge in [-0.3, -0.25) is 0 Å². The molecule has 2 heterocycles. The minimum absolute atomic E-state index is 0.794. The lowest BCUT2D eigenvalue weighted by molar-refractivity contribution is 0.670. The Morgan fingerprint density at radius 3 is 2.57 bits per heavy atom. The zero-order valence-electron chi connectivity index (χ0n) is 15.8. The van der Waals surface area contributed by atoms with Crippen LogP contribution in [0, 0.1) is 0 Å². The fraction of sp³-hybridized carbons (Fsp3) is 0.0769. The second kappa shape index (κ2) is 6.58. The number of hydrogen-bond acceptors (Lipinski definition) is 1. The van der Waals surface area contributed by atoms with Gasteiger partial charge in [-0.05, 0) is 31.1 Å².